The van der Waals surface area contributed by atoms with Crippen LogP contribution in [-0.4, -0.2) is 25.5 Å². The first-order valence-electron chi connectivity index (χ1n) is 8.23. The zero-order chi connectivity index (χ0) is 18.1. The molecule has 4 aromatic rings. The molecule has 0 saturated heterocycles. The predicted octanol–water partition coefficient (Wildman–Crippen LogP) is 2.81. The van der Waals surface area contributed by atoms with Crippen molar-refractivity contribution < 1.29 is 0 Å². The fourth-order valence-electron chi connectivity index (χ4n) is 2.96. The van der Waals surface area contributed by atoms with Gasteiger partial charge in [-0.2, -0.15) is 5.10 Å². The monoisotopic (exact) mass is 346 g/mol. The Hall–Kier alpha value is -3.61. The van der Waals surface area contributed by atoms with E-state index in [1.165, 1.54) is 0 Å². The van der Waals surface area contributed by atoms with Gasteiger partial charge in [0.2, 0.25) is 5.95 Å². The third-order valence-electron chi connectivity index (χ3n) is 4.29. The van der Waals surface area contributed by atoms with Gasteiger partial charge in [0, 0.05) is 12.6 Å². The summed E-state index contributed by atoms with van der Waals surface area (Å²) in [5, 5.41) is 4.24. The molecule has 2 aromatic carbocycles. The Kier molecular flexibility index (Phi) is 3.89. The van der Waals surface area contributed by atoms with Crippen LogP contribution < -0.4 is 11.0 Å². The highest BCUT2D eigenvalue weighted by molar-refractivity contribution is 5.81. The summed E-state index contributed by atoms with van der Waals surface area (Å²) in [7, 11) is 1.84. The molecule has 0 atom stereocenters. The molecule has 0 unspecified atom stereocenters. The van der Waals surface area contributed by atoms with Crippen LogP contribution in [0.25, 0.3) is 16.7 Å². The average molecular weight is 346 g/mol. The second-order valence-electron chi connectivity index (χ2n) is 5.96. The highest BCUT2D eigenvalue weighted by Gasteiger charge is 2.14. The molecule has 7 heteroatoms. The van der Waals surface area contributed by atoms with Crippen molar-refractivity contribution in [2.45, 2.75) is 6.92 Å². The van der Waals surface area contributed by atoms with Crippen LogP contribution in [0.5, 0.6) is 0 Å². The topological polar surface area (TPSA) is 80.0 Å². The van der Waals surface area contributed by atoms with E-state index in [0.717, 1.165) is 22.4 Å². The van der Waals surface area contributed by atoms with Crippen molar-refractivity contribution >= 4 is 23.2 Å². The van der Waals surface area contributed by atoms with E-state index in [9.17, 15) is 4.79 Å². The van der Waals surface area contributed by atoms with E-state index in [2.05, 4.69) is 20.5 Å². The number of hydrogen-bond acceptors (Lipinski definition) is 4. The molecule has 0 aliphatic heterocycles. The van der Waals surface area contributed by atoms with Crippen LogP contribution >= 0.6 is 0 Å². The molecule has 0 spiro atoms. The molecular formula is C19H18N6O. The first-order valence-corrected chi connectivity index (χ1v) is 8.23. The first-order chi connectivity index (χ1) is 12.6. The summed E-state index contributed by atoms with van der Waals surface area (Å²) in [6.45, 7) is 1.80. The SMILES string of the molecule is Cc1c(/C=N\Nc2nc3ccccc3[nH]2)n(C)n(-c2ccccc2)c1=O. The van der Waals surface area contributed by atoms with Crippen molar-refractivity contribution in [3.8, 4) is 5.69 Å². The van der Waals surface area contributed by atoms with Gasteiger partial charge >= 0.3 is 0 Å². The van der Waals surface area contributed by atoms with Gasteiger partial charge in [-0.1, -0.05) is 30.3 Å². The lowest BCUT2D eigenvalue weighted by Crippen LogP contribution is -2.20. The lowest BCUT2D eigenvalue weighted by molar-refractivity contribution is 0.643. The Morgan fingerprint density at radius 1 is 1.12 bits per heavy atom. The van der Waals surface area contributed by atoms with Gasteiger partial charge in [0.1, 0.15) is 0 Å². The van der Waals surface area contributed by atoms with Crippen LogP contribution in [-0.2, 0) is 7.05 Å². The minimum Gasteiger partial charge on any atom is -0.323 e. The maximum atomic E-state index is 12.6. The summed E-state index contributed by atoms with van der Waals surface area (Å²) in [6, 6.07) is 17.3. The Balaban J connectivity index is 1.64. The van der Waals surface area contributed by atoms with Crippen molar-refractivity contribution in [3.63, 3.8) is 0 Å². The number of aromatic amines is 1. The molecular weight excluding hydrogens is 328 g/mol. The number of hydrazone groups is 1. The van der Waals surface area contributed by atoms with Gasteiger partial charge in [0.05, 0.1) is 28.6 Å². The number of benzene rings is 2. The predicted molar refractivity (Wildman–Crippen MR) is 103 cm³/mol. The Bertz CT molecular complexity index is 1120. The number of para-hydroxylation sites is 3. The van der Waals surface area contributed by atoms with E-state index < -0.39 is 0 Å². The molecule has 7 nitrogen and oxygen atoms in total. The van der Waals surface area contributed by atoms with E-state index in [-0.39, 0.29) is 5.56 Å². The van der Waals surface area contributed by atoms with Crippen molar-refractivity contribution in [1.82, 2.24) is 19.3 Å². The molecule has 4 rings (SSSR count). The molecule has 0 aliphatic rings. The molecule has 0 aliphatic carbocycles. The fourth-order valence-corrected chi connectivity index (χ4v) is 2.96. The summed E-state index contributed by atoms with van der Waals surface area (Å²) in [5.74, 6) is 0.549. The largest absolute Gasteiger partial charge is 0.323 e. The van der Waals surface area contributed by atoms with E-state index in [4.69, 9.17) is 0 Å². The number of fused-ring (bicyclic) bond motifs is 1. The van der Waals surface area contributed by atoms with Crippen LogP contribution in [0.4, 0.5) is 5.95 Å². The zero-order valence-electron chi connectivity index (χ0n) is 14.5. The summed E-state index contributed by atoms with van der Waals surface area (Å²) in [6.07, 6.45) is 1.63. The number of aromatic nitrogens is 4. The van der Waals surface area contributed by atoms with Crippen molar-refractivity contribution in [1.29, 1.82) is 0 Å². The maximum Gasteiger partial charge on any atom is 0.274 e. The number of nitrogens with zero attached hydrogens (tertiary/aromatic N) is 4. The molecule has 0 radical (unpaired) electrons. The molecule has 0 bridgehead atoms. The van der Waals surface area contributed by atoms with Crippen molar-refractivity contribution in [2.24, 2.45) is 12.1 Å². The maximum absolute atomic E-state index is 12.6. The second-order valence-corrected chi connectivity index (χ2v) is 5.96. The molecule has 26 heavy (non-hydrogen) atoms. The Labute approximate surface area is 149 Å². The second kappa shape index (κ2) is 6.36. The normalized spacial score (nSPS) is 11.5. The Morgan fingerprint density at radius 3 is 2.62 bits per heavy atom. The van der Waals surface area contributed by atoms with Crippen LogP contribution in [0.3, 0.4) is 0 Å². The molecule has 0 amide bonds. The smallest absolute Gasteiger partial charge is 0.274 e. The number of imidazole rings is 1. The lowest BCUT2D eigenvalue weighted by atomic mass is 10.3. The van der Waals surface area contributed by atoms with Crippen molar-refractivity contribution in [2.75, 3.05) is 5.43 Å². The number of hydrogen-bond donors (Lipinski definition) is 2. The molecule has 130 valence electrons. The van der Waals surface area contributed by atoms with Gasteiger partial charge in [-0.3, -0.25) is 9.48 Å². The standard InChI is InChI=1S/C19H18N6O/c1-13-17(24(2)25(18(13)26)14-8-4-3-5-9-14)12-20-23-19-21-15-10-6-7-11-16(15)22-19/h3-12H,1-2H3,(H2,21,22,23)/b20-12-. The van der Waals surface area contributed by atoms with Crippen molar-refractivity contribution in [3.05, 3.63) is 76.2 Å². The first kappa shape index (κ1) is 15.9. The Morgan fingerprint density at radius 2 is 1.85 bits per heavy atom. The molecule has 0 saturated carbocycles. The third-order valence-corrected chi connectivity index (χ3v) is 4.29. The van der Waals surface area contributed by atoms with E-state index in [1.54, 1.807) is 22.5 Å². The van der Waals surface area contributed by atoms with E-state index in [0.29, 0.717) is 11.5 Å². The summed E-state index contributed by atoms with van der Waals surface area (Å²) < 4.78 is 3.41. The van der Waals surface area contributed by atoms with Gasteiger partial charge < -0.3 is 4.98 Å². The third kappa shape index (κ3) is 2.69. The van der Waals surface area contributed by atoms with Gasteiger partial charge in [-0.05, 0) is 31.2 Å². The highest BCUT2D eigenvalue weighted by atomic mass is 16.1. The highest BCUT2D eigenvalue weighted by Crippen LogP contribution is 2.13. The van der Waals surface area contributed by atoms with Crippen LogP contribution in [0.2, 0.25) is 0 Å². The van der Waals surface area contributed by atoms with Crippen LogP contribution in [0.1, 0.15) is 11.3 Å². The number of rotatable bonds is 4. The summed E-state index contributed by atoms with van der Waals surface area (Å²) >= 11 is 0. The van der Waals surface area contributed by atoms with Gasteiger partial charge in [0.25, 0.3) is 5.56 Å². The lowest BCUT2D eigenvalue weighted by Gasteiger charge is -2.07. The number of nitrogens with one attached hydrogen (secondary N) is 2. The van der Waals surface area contributed by atoms with Gasteiger partial charge in [-0.25, -0.2) is 15.1 Å². The summed E-state index contributed by atoms with van der Waals surface area (Å²) in [4.78, 5) is 20.2. The summed E-state index contributed by atoms with van der Waals surface area (Å²) in [5.41, 5.74) is 6.79. The number of H-pyrrole nitrogens is 1. The van der Waals surface area contributed by atoms with Crippen LogP contribution in [0.15, 0.2) is 64.5 Å². The number of anilines is 1. The minimum absolute atomic E-state index is 0.0658. The fraction of sp³-hybridized carbons (Fsp3) is 0.105. The molecule has 2 aromatic heterocycles. The molecule has 2 heterocycles. The quantitative estimate of drug-likeness (QED) is 0.440. The zero-order valence-corrected chi connectivity index (χ0v) is 14.5. The molecule has 0 fully saturated rings. The average Bonchev–Trinajstić information content (AvgIpc) is 3.16. The molecule has 2 N–H and O–H groups in total. The van der Waals surface area contributed by atoms with E-state index in [1.807, 2.05) is 61.6 Å². The van der Waals surface area contributed by atoms with Gasteiger partial charge in [-0.15, -0.1) is 0 Å². The van der Waals surface area contributed by atoms with Gasteiger partial charge in [0.15, 0.2) is 0 Å². The van der Waals surface area contributed by atoms with E-state index >= 15 is 0 Å². The van der Waals surface area contributed by atoms with Crippen LogP contribution in [0, 0.1) is 6.92 Å². The minimum atomic E-state index is -0.0658.